The Morgan fingerprint density at radius 1 is 1.63 bits per heavy atom. The van der Waals surface area contributed by atoms with Gasteiger partial charge in [-0.15, -0.1) is 0 Å². The summed E-state index contributed by atoms with van der Waals surface area (Å²) in [5.41, 5.74) is 6.07. The van der Waals surface area contributed by atoms with Gasteiger partial charge < -0.3 is 19.8 Å². The molecule has 1 aromatic heterocycles. The molecule has 2 heterocycles. The lowest BCUT2D eigenvalue weighted by Crippen LogP contribution is -2.40. The fourth-order valence-electron chi connectivity index (χ4n) is 2.66. The fourth-order valence-corrected chi connectivity index (χ4v) is 2.66. The maximum atomic E-state index is 11.7. The van der Waals surface area contributed by atoms with E-state index < -0.39 is 5.97 Å². The average molecular weight is 267 g/mol. The first-order chi connectivity index (χ1) is 9.03. The van der Waals surface area contributed by atoms with Crippen LogP contribution in [0.4, 0.5) is 5.82 Å². The summed E-state index contributed by atoms with van der Waals surface area (Å²) in [5.74, 6) is 0.675. The first-order valence-electron chi connectivity index (χ1n) is 6.57. The lowest BCUT2D eigenvalue weighted by molar-refractivity contribution is 0.00923. The summed E-state index contributed by atoms with van der Waals surface area (Å²) < 4.78 is 12.2. The number of carbonyl (C=O) groups excluding carboxylic acids is 1. The fraction of sp³-hybridized carbons (Fsp3) is 0.692. The van der Waals surface area contributed by atoms with Crippen molar-refractivity contribution in [1.29, 1.82) is 0 Å². The predicted molar refractivity (Wildman–Crippen MR) is 71.1 cm³/mol. The normalized spacial score (nSPS) is 23.3. The Kier molecular flexibility index (Phi) is 3.80. The van der Waals surface area contributed by atoms with E-state index in [0.717, 1.165) is 25.3 Å². The second-order valence-corrected chi connectivity index (χ2v) is 5.10. The molecule has 1 aliphatic rings. The van der Waals surface area contributed by atoms with Crippen molar-refractivity contribution in [2.75, 3.05) is 26.1 Å². The van der Waals surface area contributed by atoms with Crippen LogP contribution in [0, 0.1) is 0 Å². The van der Waals surface area contributed by atoms with Crippen LogP contribution in [0.1, 0.15) is 43.0 Å². The largest absolute Gasteiger partial charge is 0.464 e. The molecule has 0 radical (unpaired) electrons. The molecule has 0 bridgehead atoms. The van der Waals surface area contributed by atoms with Crippen LogP contribution >= 0.6 is 0 Å². The molecule has 0 aliphatic carbocycles. The highest BCUT2D eigenvalue weighted by molar-refractivity contribution is 5.92. The molecule has 1 unspecified atom stereocenters. The zero-order chi connectivity index (χ0) is 14.0. The van der Waals surface area contributed by atoms with Crippen molar-refractivity contribution in [2.45, 2.75) is 38.6 Å². The van der Waals surface area contributed by atoms with E-state index in [-0.39, 0.29) is 11.2 Å². The van der Waals surface area contributed by atoms with E-state index in [9.17, 15) is 4.79 Å². The van der Waals surface area contributed by atoms with Crippen LogP contribution < -0.4 is 5.73 Å². The Balaban J connectivity index is 2.49. The van der Waals surface area contributed by atoms with Gasteiger partial charge in [0.1, 0.15) is 11.6 Å². The van der Waals surface area contributed by atoms with Gasteiger partial charge in [0, 0.05) is 13.0 Å². The van der Waals surface area contributed by atoms with Crippen LogP contribution in [0.2, 0.25) is 0 Å². The monoisotopic (exact) mass is 267 g/mol. The van der Waals surface area contributed by atoms with Crippen LogP contribution in [0.5, 0.6) is 0 Å². The minimum absolute atomic E-state index is 0.200. The maximum Gasteiger partial charge on any atom is 0.360 e. The van der Waals surface area contributed by atoms with Crippen molar-refractivity contribution in [1.82, 2.24) is 9.55 Å². The lowest BCUT2D eigenvalue weighted by atomic mass is 9.94. The number of aryl methyl sites for hydroxylation is 1. The number of methoxy groups -OCH3 is 1. The van der Waals surface area contributed by atoms with Crippen LogP contribution in [-0.4, -0.2) is 35.8 Å². The maximum absolute atomic E-state index is 11.7. The van der Waals surface area contributed by atoms with Crippen LogP contribution in [0.25, 0.3) is 0 Å². The number of anilines is 1. The van der Waals surface area contributed by atoms with E-state index in [1.807, 2.05) is 11.5 Å². The number of hydrogen-bond donors (Lipinski definition) is 1. The van der Waals surface area contributed by atoms with Gasteiger partial charge in [0.25, 0.3) is 0 Å². The Morgan fingerprint density at radius 3 is 2.89 bits per heavy atom. The molecule has 1 aliphatic heterocycles. The highest BCUT2D eigenvalue weighted by Gasteiger charge is 2.35. The van der Waals surface area contributed by atoms with Gasteiger partial charge in [-0.3, -0.25) is 0 Å². The molecule has 0 spiro atoms. The van der Waals surface area contributed by atoms with Crippen molar-refractivity contribution in [3.8, 4) is 0 Å². The molecular weight excluding hydrogens is 246 g/mol. The predicted octanol–water partition coefficient (Wildman–Crippen LogP) is 1.34. The van der Waals surface area contributed by atoms with E-state index in [1.165, 1.54) is 7.11 Å². The topological polar surface area (TPSA) is 79.4 Å². The molecule has 0 amide bonds. The Morgan fingerprint density at radius 2 is 2.37 bits per heavy atom. The number of rotatable bonds is 3. The van der Waals surface area contributed by atoms with E-state index in [2.05, 4.69) is 11.9 Å². The number of carbonyl (C=O) groups is 1. The number of nitrogens with zero attached hydrogens (tertiary/aromatic N) is 2. The molecule has 0 saturated carbocycles. The van der Waals surface area contributed by atoms with Gasteiger partial charge in [-0.25, -0.2) is 9.78 Å². The summed E-state index contributed by atoms with van der Waals surface area (Å²) in [7, 11) is 1.33. The van der Waals surface area contributed by atoms with Gasteiger partial charge in [0.05, 0.1) is 19.3 Å². The molecular formula is C13H21N3O3. The quantitative estimate of drug-likeness (QED) is 0.836. The first-order valence-corrected chi connectivity index (χ1v) is 6.57. The summed E-state index contributed by atoms with van der Waals surface area (Å²) in [5, 5.41) is 0. The first kappa shape index (κ1) is 13.9. The molecule has 19 heavy (non-hydrogen) atoms. The van der Waals surface area contributed by atoms with E-state index in [4.69, 9.17) is 15.2 Å². The number of hydrogen-bond acceptors (Lipinski definition) is 5. The molecule has 0 aromatic carbocycles. The lowest BCUT2D eigenvalue weighted by Gasteiger charge is -2.36. The zero-order valence-electron chi connectivity index (χ0n) is 11.7. The molecule has 6 nitrogen and oxygen atoms in total. The number of imidazole rings is 1. The third-order valence-electron chi connectivity index (χ3n) is 3.63. The summed E-state index contributed by atoms with van der Waals surface area (Å²) in [6.07, 6.45) is 2.64. The summed E-state index contributed by atoms with van der Waals surface area (Å²) in [4.78, 5) is 16.0. The van der Waals surface area contributed by atoms with E-state index >= 15 is 0 Å². The van der Waals surface area contributed by atoms with Crippen molar-refractivity contribution in [2.24, 2.45) is 0 Å². The minimum Gasteiger partial charge on any atom is -0.464 e. The second kappa shape index (κ2) is 5.21. The number of nitrogen functional groups attached to an aromatic ring is 1. The van der Waals surface area contributed by atoms with Crippen molar-refractivity contribution >= 4 is 11.8 Å². The smallest absolute Gasteiger partial charge is 0.360 e. The molecule has 1 aromatic rings. The highest BCUT2D eigenvalue weighted by atomic mass is 16.5. The summed E-state index contributed by atoms with van der Waals surface area (Å²) in [6, 6.07) is 0. The summed E-state index contributed by atoms with van der Waals surface area (Å²) >= 11 is 0. The van der Waals surface area contributed by atoms with Crippen LogP contribution in [0.3, 0.4) is 0 Å². The Hall–Kier alpha value is -1.56. The van der Waals surface area contributed by atoms with Gasteiger partial charge in [0.15, 0.2) is 5.69 Å². The molecule has 1 fully saturated rings. The zero-order valence-corrected chi connectivity index (χ0v) is 11.7. The number of ether oxygens (including phenoxy) is 2. The molecule has 2 rings (SSSR count). The Bertz CT molecular complexity index is 476. The SMILES string of the molecule is CCc1nc(C(=O)OC)c(N)n1C1(C)CCCOC1. The summed E-state index contributed by atoms with van der Waals surface area (Å²) in [6.45, 7) is 5.44. The molecule has 6 heteroatoms. The van der Waals surface area contributed by atoms with Crippen LogP contribution in [-0.2, 0) is 21.4 Å². The number of esters is 1. The van der Waals surface area contributed by atoms with Crippen LogP contribution in [0.15, 0.2) is 0 Å². The minimum atomic E-state index is -0.494. The number of nitrogens with two attached hydrogens (primary N) is 1. The third-order valence-corrected chi connectivity index (χ3v) is 3.63. The standard InChI is InChI=1S/C13H21N3O3/c1-4-9-15-10(12(17)18-3)11(14)16(9)13(2)6-5-7-19-8-13/h4-8,14H2,1-3H3. The van der Waals surface area contributed by atoms with Crippen molar-refractivity contribution in [3.05, 3.63) is 11.5 Å². The molecule has 106 valence electrons. The van der Waals surface area contributed by atoms with Crippen molar-refractivity contribution in [3.63, 3.8) is 0 Å². The molecule has 1 atom stereocenters. The highest BCUT2D eigenvalue weighted by Crippen LogP contribution is 2.32. The Labute approximate surface area is 112 Å². The van der Waals surface area contributed by atoms with Crippen molar-refractivity contribution < 1.29 is 14.3 Å². The van der Waals surface area contributed by atoms with E-state index in [0.29, 0.717) is 18.8 Å². The van der Waals surface area contributed by atoms with Gasteiger partial charge in [-0.2, -0.15) is 0 Å². The van der Waals surface area contributed by atoms with Gasteiger partial charge in [-0.1, -0.05) is 6.92 Å². The van der Waals surface area contributed by atoms with Gasteiger partial charge in [-0.05, 0) is 19.8 Å². The number of aromatic nitrogens is 2. The molecule has 1 saturated heterocycles. The van der Waals surface area contributed by atoms with Gasteiger partial charge >= 0.3 is 5.97 Å². The third kappa shape index (κ3) is 2.32. The van der Waals surface area contributed by atoms with E-state index in [1.54, 1.807) is 0 Å². The molecule has 2 N–H and O–H groups in total. The van der Waals surface area contributed by atoms with Gasteiger partial charge in [0.2, 0.25) is 0 Å². The average Bonchev–Trinajstić information content (AvgIpc) is 2.76. The second-order valence-electron chi connectivity index (χ2n) is 5.10.